The quantitative estimate of drug-likeness (QED) is 0.617. The van der Waals surface area contributed by atoms with E-state index >= 15 is 0 Å². The van der Waals surface area contributed by atoms with Crippen LogP contribution in [0.25, 0.3) is 0 Å². The minimum absolute atomic E-state index is 0.254. The highest BCUT2D eigenvalue weighted by Crippen LogP contribution is 2.32. The van der Waals surface area contributed by atoms with Crippen molar-refractivity contribution in [1.82, 2.24) is 5.43 Å². The van der Waals surface area contributed by atoms with Gasteiger partial charge < -0.3 is 0 Å². The lowest BCUT2D eigenvalue weighted by Crippen LogP contribution is -2.19. The number of hydrogen-bond acceptors (Lipinski definition) is 2. The number of hydrogen-bond donors (Lipinski definition) is 1. The molecule has 1 aliphatic carbocycles. The second kappa shape index (κ2) is 8.06. The van der Waals surface area contributed by atoms with Crippen molar-refractivity contribution < 1.29 is 9.18 Å². The Morgan fingerprint density at radius 2 is 1.76 bits per heavy atom. The fourth-order valence-corrected chi connectivity index (χ4v) is 3.33. The van der Waals surface area contributed by atoms with E-state index in [4.69, 9.17) is 0 Å². The van der Waals surface area contributed by atoms with E-state index in [2.05, 4.69) is 34.8 Å². The zero-order valence-electron chi connectivity index (χ0n) is 14.5. The number of rotatable bonds is 4. The highest BCUT2D eigenvalue weighted by atomic mass is 19.1. The third-order valence-electron chi connectivity index (χ3n) is 4.82. The van der Waals surface area contributed by atoms with Gasteiger partial charge in [-0.2, -0.15) is 5.10 Å². The molecule has 1 fully saturated rings. The number of halogens is 1. The third-order valence-corrected chi connectivity index (χ3v) is 4.82. The van der Waals surface area contributed by atoms with Crippen molar-refractivity contribution in [2.75, 3.05) is 0 Å². The molecule has 1 N–H and O–H groups in total. The van der Waals surface area contributed by atoms with Gasteiger partial charge in [0.1, 0.15) is 5.82 Å². The molecule has 130 valence electrons. The molecule has 0 aliphatic heterocycles. The van der Waals surface area contributed by atoms with Gasteiger partial charge in [0.2, 0.25) is 0 Å². The summed E-state index contributed by atoms with van der Waals surface area (Å²) in [5.41, 5.74) is 5.82. The minimum atomic E-state index is -0.438. The van der Waals surface area contributed by atoms with Gasteiger partial charge in [-0.1, -0.05) is 49.6 Å². The number of nitrogens with zero attached hydrogens (tertiary/aromatic N) is 1. The average Bonchev–Trinajstić information content (AvgIpc) is 2.66. The second-order valence-corrected chi connectivity index (χ2v) is 6.61. The van der Waals surface area contributed by atoms with Crippen LogP contribution < -0.4 is 5.43 Å². The van der Waals surface area contributed by atoms with Crippen LogP contribution >= 0.6 is 0 Å². The first-order chi connectivity index (χ1) is 12.1. The molecule has 4 heteroatoms. The lowest BCUT2D eigenvalue weighted by molar-refractivity contribution is 0.0954. The van der Waals surface area contributed by atoms with Gasteiger partial charge in [-0.05, 0) is 55.0 Å². The Morgan fingerprint density at radius 3 is 2.44 bits per heavy atom. The lowest BCUT2D eigenvalue weighted by atomic mass is 9.84. The molecule has 1 saturated carbocycles. The summed E-state index contributed by atoms with van der Waals surface area (Å²) in [5.74, 6) is -0.183. The van der Waals surface area contributed by atoms with E-state index in [9.17, 15) is 9.18 Å². The largest absolute Gasteiger partial charge is 0.271 e. The van der Waals surface area contributed by atoms with Crippen LogP contribution in [0.2, 0.25) is 0 Å². The van der Waals surface area contributed by atoms with Gasteiger partial charge in [-0.3, -0.25) is 4.79 Å². The van der Waals surface area contributed by atoms with Gasteiger partial charge in [0.15, 0.2) is 0 Å². The molecule has 0 heterocycles. The summed E-state index contributed by atoms with van der Waals surface area (Å²) in [7, 11) is 0. The van der Waals surface area contributed by atoms with Crippen LogP contribution in [0.15, 0.2) is 53.6 Å². The Balaban J connectivity index is 1.64. The molecule has 2 aromatic carbocycles. The van der Waals surface area contributed by atoms with Crippen LogP contribution in [0.4, 0.5) is 4.39 Å². The van der Waals surface area contributed by atoms with E-state index in [1.54, 1.807) is 6.07 Å². The maximum atomic E-state index is 13.2. The number of carbonyl (C=O) groups excluding carboxylic acids is 1. The Kier molecular flexibility index (Phi) is 5.59. The van der Waals surface area contributed by atoms with Crippen molar-refractivity contribution >= 4 is 11.6 Å². The van der Waals surface area contributed by atoms with Crippen molar-refractivity contribution in [3.8, 4) is 0 Å². The Bertz CT molecular complexity index is 762. The summed E-state index contributed by atoms with van der Waals surface area (Å²) in [6.45, 7) is 1.85. The molecule has 0 atom stereocenters. The van der Waals surface area contributed by atoms with Crippen molar-refractivity contribution in [2.45, 2.75) is 44.9 Å². The molecular weight excluding hydrogens is 315 g/mol. The van der Waals surface area contributed by atoms with Gasteiger partial charge in [-0.15, -0.1) is 0 Å². The van der Waals surface area contributed by atoms with Crippen LogP contribution in [0, 0.1) is 5.82 Å². The zero-order chi connectivity index (χ0) is 17.6. The molecule has 1 amide bonds. The summed E-state index contributed by atoms with van der Waals surface area (Å²) in [4.78, 5) is 12.0. The fourth-order valence-electron chi connectivity index (χ4n) is 3.33. The molecule has 0 radical (unpaired) electrons. The monoisotopic (exact) mass is 338 g/mol. The predicted molar refractivity (Wildman–Crippen MR) is 98.3 cm³/mol. The van der Waals surface area contributed by atoms with Crippen molar-refractivity contribution in [3.63, 3.8) is 0 Å². The van der Waals surface area contributed by atoms with E-state index < -0.39 is 11.7 Å². The minimum Gasteiger partial charge on any atom is -0.267 e. The van der Waals surface area contributed by atoms with Gasteiger partial charge in [0, 0.05) is 5.56 Å². The molecule has 2 aromatic rings. The summed E-state index contributed by atoms with van der Waals surface area (Å²) < 4.78 is 13.2. The van der Waals surface area contributed by atoms with Crippen molar-refractivity contribution in [1.29, 1.82) is 0 Å². The van der Waals surface area contributed by atoms with E-state index in [1.165, 1.54) is 55.9 Å². The maximum Gasteiger partial charge on any atom is 0.271 e. The highest BCUT2D eigenvalue weighted by Gasteiger charge is 2.15. The predicted octanol–water partition coefficient (Wildman–Crippen LogP) is 5.03. The Morgan fingerprint density at radius 1 is 1.04 bits per heavy atom. The standard InChI is InChI=1S/C21H23FN2O/c1-15(23-24-21(25)19-8-5-9-20(22)14-19)16-10-12-18(13-11-16)17-6-3-2-4-7-17/h5,8-14,17H,2-4,6-7H2,1H3,(H,24,25). The summed E-state index contributed by atoms with van der Waals surface area (Å²) in [6, 6.07) is 14.0. The fraction of sp³-hybridized carbons (Fsp3) is 0.333. The molecule has 0 saturated heterocycles. The van der Waals surface area contributed by atoms with Gasteiger partial charge in [0.05, 0.1) is 5.71 Å². The van der Waals surface area contributed by atoms with Gasteiger partial charge >= 0.3 is 0 Å². The number of amides is 1. The number of carbonyl (C=O) groups is 1. The van der Waals surface area contributed by atoms with E-state index in [1.807, 2.05) is 6.92 Å². The first-order valence-corrected chi connectivity index (χ1v) is 8.84. The van der Waals surface area contributed by atoms with Crippen molar-refractivity contribution in [3.05, 3.63) is 71.0 Å². The summed E-state index contributed by atoms with van der Waals surface area (Å²) >= 11 is 0. The highest BCUT2D eigenvalue weighted by molar-refractivity contribution is 6.00. The van der Waals surface area contributed by atoms with Crippen LogP contribution in [0.5, 0.6) is 0 Å². The Hall–Kier alpha value is -2.49. The molecular formula is C21H23FN2O. The molecule has 1 aliphatic rings. The summed E-state index contributed by atoms with van der Waals surface area (Å²) in [6.07, 6.45) is 6.54. The lowest BCUT2D eigenvalue weighted by Gasteiger charge is -2.22. The molecule has 3 rings (SSSR count). The van der Waals surface area contributed by atoms with Gasteiger partial charge in [0.25, 0.3) is 5.91 Å². The van der Waals surface area contributed by atoms with Crippen LogP contribution in [0.1, 0.15) is 66.4 Å². The molecule has 25 heavy (non-hydrogen) atoms. The van der Waals surface area contributed by atoms with E-state index in [-0.39, 0.29) is 5.56 Å². The molecule has 0 bridgehead atoms. The Labute approximate surface area is 148 Å². The normalized spacial score (nSPS) is 15.8. The topological polar surface area (TPSA) is 41.5 Å². The number of nitrogens with one attached hydrogen (secondary N) is 1. The van der Waals surface area contributed by atoms with E-state index in [0.717, 1.165) is 11.3 Å². The molecule has 0 spiro atoms. The van der Waals surface area contributed by atoms with Gasteiger partial charge in [-0.25, -0.2) is 9.82 Å². The van der Waals surface area contributed by atoms with Crippen LogP contribution in [0.3, 0.4) is 0 Å². The molecule has 3 nitrogen and oxygen atoms in total. The SMILES string of the molecule is CC(=NNC(=O)c1cccc(F)c1)c1ccc(C2CCCCC2)cc1. The van der Waals surface area contributed by atoms with Crippen LogP contribution in [-0.2, 0) is 0 Å². The first-order valence-electron chi connectivity index (χ1n) is 8.84. The summed E-state index contributed by atoms with van der Waals surface area (Å²) in [5, 5.41) is 4.14. The second-order valence-electron chi connectivity index (χ2n) is 6.61. The molecule has 0 unspecified atom stereocenters. The number of benzene rings is 2. The maximum absolute atomic E-state index is 13.2. The van der Waals surface area contributed by atoms with E-state index in [0.29, 0.717) is 5.92 Å². The van der Waals surface area contributed by atoms with Crippen LogP contribution in [-0.4, -0.2) is 11.6 Å². The zero-order valence-corrected chi connectivity index (χ0v) is 14.5. The third kappa shape index (κ3) is 4.53. The smallest absolute Gasteiger partial charge is 0.267 e. The first kappa shape index (κ1) is 17.3. The van der Waals surface area contributed by atoms with Crippen molar-refractivity contribution in [2.24, 2.45) is 5.10 Å². The molecule has 0 aromatic heterocycles. The number of hydrazone groups is 1. The average molecular weight is 338 g/mol.